The zero-order valence-corrected chi connectivity index (χ0v) is 15.0. The molecule has 1 aromatic rings. The van der Waals surface area contributed by atoms with E-state index in [0.717, 1.165) is 0 Å². The van der Waals surface area contributed by atoms with Crippen LogP contribution in [0.1, 0.15) is 45.1 Å². The van der Waals surface area contributed by atoms with Crippen LogP contribution in [0.25, 0.3) is 0 Å². The topological polar surface area (TPSA) is 120 Å². The number of hydrogen-bond acceptors (Lipinski definition) is 8. The Morgan fingerprint density at radius 2 is 1.83 bits per heavy atom. The van der Waals surface area contributed by atoms with E-state index in [4.69, 9.17) is 4.74 Å². The van der Waals surface area contributed by atoms with E-state index >= 15 is 0 Å². The molecular weight excluding hydrogens is 309 g/mol. The van der Waals surface area contributed by atoms with Gasteiger partial charge in [-0.15, -0.1) is 0 Å². The summed E-state index contributed by atoms with van der Waals surface area (Å²) in [5.74, 6) is -1.08. The quantitative estimate of drug-likeness (QED) is 0.435. The molecule has 10 heteroatoms. The first-order valence-corrected chi connectivity index (χ1v) is 7.26. The SMILES string of the molecule is CCN(CC)c1nc(NNC(=O)OC(C)(C)C)cc(C(=O)[O-])n1.[Li+]. The number of carboxylic acids is 1. The van der Waals surface area contributed by atoms with Gasteiger partial charge in [0.2, 0.25) is 5.95 Å². The van der Waals surface area contributed by atoms with Crippen LogP contribution in [-0.4, -0.2) is 40.7 Å². The van der Waals surface area contributed by atoms with Crippen LogP contribution in [0.5, 0.6) is 0 Å². The summed E-state index contributed by atoms with van der Waals surface area (Å²) in [6.07, 6.45) is -0.712. The van der Waals surface area contributed by atoms with Crippen molar-refractivity contribution in [2.75, 3.05) is 23.4 Å². The van der Waals surface area contributed by atoms with Crippen LogP contribution in [0, 0.1) is 0 Å². The van der Waals surface area contributed by atoms with Crippen molar-refractivity contribution in [2.45, 2.75) is 40.2 Å². The van der Waals surface area contributed by atoms with Gasteiger partial charge in [-0.2, -0.15) is 4.98 Å². The number of nitrogens with one attached hydrogen (secondary N) is 2. The Balaban J connectivity index is 0.00000529. The molecule has 1 aromatic heterocycles. The minimum atomic E-state index is -1.43. The van der Waals surface area contributed by atoms with Gasteiger partial charge in [-0.3, -0.25) is 5.43 Å². The first kappa shape index (κ1) is 22.0. The Hall–Kier alpha value is -1.98. The average molecular weight is 331 g/mol. The van der Waals surface area contributed by atoms with E-state index in [1.807, 2.05) is 13.8 Å². The third-order valence-electron chi connectivity index (χ3n) is 2.66. The van der Waals surface area contributed by atoms with Crippen LogP contribution in [0.4, 0.5) is 16.6 Å². The summed E-state index contributed by atoms with van der Waals surface area (Å²) in [5, 5.41) is 11.1. The molecular formula is C14H22LiN5O4. The number of hydrogen-bond donors (Lipinski definition) is 2. The molecule has 24 heavy (non-hydrogen) atoms. The predicted molar refractivity (Wildman–Crippen MR) is 82.9 cm³/mol. The van der Waals surface area contributed by atoms with Gasteiger partial charge >= 0.3 is 25.0 Å². The maximum absolute atomic E-state index is 11.6. The van der Waals surface area contributed by atoms with Gasteiger partial charge in [0.15, 0.2) is 5.82 Å². The van der Waals surface area contributed by atoms with Crippen molar-refractivity contribution >= 4 is 23.8 Å². The molecule has 0 radical (unpaired) electrons. The molecule has 0 unspecified atom stereocenters. The molecule has 0 aromatic carbocycles. The van der Waals surface area contributed by atoms with E-state index in [-0.39, 0.29) is 36.3 Å². The summed E-state index contributed by atoms with van der Waals surface area (Å²) in [7, 11) is 0. The number of rotatable bonds is 6. The number of hydrazine groups is 1. The molecule has 1 heterocycles. The smallest absolute Gasteiger partial charge is 0.543 e. The van der Waals surface area contributed by atoms with Crippen molar-refractivity contribution in [1.29, 1.82) is 0 Å². The Kier molecular flexibility index (Phi) is 8.57. The number of carbonyl (C=O) groups excluding carboxylic acids is 2. The molecule has 1 amide bonds. The van der Waals surface area contributed by atoms with Crippen LogP contribution in [0.3, 0.4) is 0 Å². The standard InChI is InChI=1S/C14H23N5O4.Li/c1-6-19(7-2)12-15-9(11(20)21)8-10(16-12)17-18-13(22)23-14(3,4)5;/h8H,6-7H2,1-5H3,(H,18,22)(H,20,21)(H,15,16,17);/q;+1/p-1. The van der Waals surface area contributed by atoms with E-state index in [0.29, 0.717) is 13.1 Å². The summed E-state index contributed by atoms with van der Waals surface area (Å²) < 4.78 is 5.06. The van der Waals surface area contributed by atoms with Gasteiger partial charge in [0, 0.05) is 19.2 Å². The molecule has 0 aliphatic rings. The van der Waals surface area contributed by atoms with Crippen LogP contribution in [-0.2, 0) is 4.74 Å². The average Bonchev–Trinajstić information content (AvgIpc) is 2.44. The third-order valence-corrected chi connectivity index (χ3v) is 2.66. The fourth-order valence-electron chi connectivity index (χ4n) is 1.67. The first-order valence-electron chi connectivity index (χ1n) is 7.26. The van der Waals surface area contributed by atoms with E-state index < -0.39 is 17.7 Å². The summed E-state index contributed by atoms with van der Waals surface area (Å²) in [4.78, 5) is 32.5. The number of anilines is 2. The van der Waals surface area contributed by atoms with Crippen LogP contribution in [0.15, 0.2) is 6.07 Å². The number of carboxylic acid groups (broad SMARTS) is 1. The van der Waals surface area contributed by atoms with E-state index in [2.05, 4.69) is 20.8 Å². The summed E-state index contributed by atoms with van der Waals surface area (Å²) >= 11 is 0. The monoisotopic (exact) mass is 331 g/mol. The second-order valence-electron chi connectivity index (χ2n) is 5.65. The van der Waals surface area contributed by atoms with Crippen LogP contribution in [0.2, 0.25) is 0 Å². The van der Waals surface area contributed by atoms with Gasteiger partial charge in [0.25, 0.3) is 0 Å². The predicted octanol–water partition coefficient (Wildman–Crippen LogP) is -2.46. The molecule has 0 atom stereocenters. The molecule has 0 spiro atoms. The number of amides is 1. The molecule has 0 bridgehead atoms. The van der Waals surface area contributed by atoms with Gasteiger partial charge in [-0.05, 0) is 34.6 Å². The second-order valence-corrected chi connectivity index (χ2v) is 5.65. The number of carbonyl (C=O) groups is 2. The van der Waals surface area contributed by atoms with Gasteiger partial charge in [0.1, 0.15) is 5.60 Å². The largest absolute Gasteiger partial charge is 1.00 e. The molecule has 1 rings (SSSR count). The number of ether oxygens (including phenoxy) is 1. The zero-order chi connectivity index (χ0) is 17.6. The first-order chi connectivity index (χ1) is 10.7. The fraction of sp³-hybridized carbons (Fsp3) is 0.571. The van der Waals surface area contributed by atoms with Crippen molar-refractivity contribution in [3.05, 3.63) is 11.8 Å². The molecule has 128 valence electrons. The molecule has 0 aliphatic heterocycles. The van der Waals surface area contributed by atoms with E-state index in [9.17, 15) is 14.7 Å². The van der Waals surface area contributed by atoms with Crippen molar-refractivity contribution in [2.24, 2.45) is 0 Å². The Morgan fingerprint density at radius 3 is 2.29 bits per heavy atom. The minimum Gasteiger partial charge on any atom is -0.543 e. The summed E-state index contributed by atoms with van der Waals surface area (Å²) in [6.45, 7) is 10.2. The number of aromatic nitrogens is 2. The normalized spacial score (nSPS) is 10.4. The van der Waals surface area contributed by atoms with E-state index in [1.54, 1.807) is 25.7 Å². The van der Waals surface area contributed by atoms with Crippen LogP contribution < -0.4 is 39.7 Å². The Morgan fingerprint density at radius 1 is 1.25 bits per heavy atom. The van der Waals surface area contributed by atoms with Gasteiger partial charge < -0.3 is 19.5 Å². The maximum atomic E-state index is 11.6. The number of aromatic carboxylic acids is 1. The summed E-state index contributed by atoms with van der Waals surface area (Å²) in [6, 6.07) is 1.17. The molecule has 0 fully saturated rings. The Bertz CT molecular complexity index is 573. The molecule has 0 aliphatic carbocycles. The van der Waals surface area contributed by atoms with Crippen molar-refractivity contribution < 1.29 is 38.3 Å². The van der Waals surface area contributed by atoms with Crippen molar-refractivity contribution in [3.63, 3.8) is 0 Å². The molecule has 9 nitrogen and oxygen atoms in total. The number of nitrogens with zero attached hydrogens (tertiary/aromatic N) is 3. The Labute approximate surface area is 153 Å². The molecule has 2 N–H and O–H groups in total. The van der Waals surface area contributed by atoms with Gasteiger partial charge in [-0.25, -0.2) is 15.2 Å². The maximum Gasteiger partial charge on any atom is 1.00 e. The second kappa shape index (κ2) is 9.35. The van der Waals surface area contributed by atoms with Crippen LogP contribution >= 0.6 is 0 Å². The van der Waals surface area contributed by atoms with Gasteiger partial charge in [0.05, 0.1) is 11.7 Å². The van der Waals surface area contributed by atoms with E-state index in [1.165, 1.54) is 6.07 Å². The minimum absolute atomic E-state index is 0. The van der Waals surface area contributed by atoms with Gasteiger partial charge in [-0.1, -0.05) is 0 Å². The summed E-state index contributed by atoms with van der Waals surface area (Å²) in [5.41, 5.74) is 3.87. The molecule has 0 saturated heterocycles. The molecule has 0 saturated carbocycles. The third kappa shape index (κ3) is 7.06. The zero-order valence-electron chi connectivity index (χ0n) is 15.0. The fourth-order valence-corrected chi connectivity index (χ4v) is 1.67. The van der Waals surface area contributed by atoms with Crippen molar-refractivity contribution in [3.8, 4) is 0 Å². The van der Waals surface area contributed by atoms with Crippen molar-refractivity contribution in [1.82, 2.24) is 15.4 Å².